The maximum absolute atomic E-state index is 4.23. The fourth-order valence-electron chi connectivity index (χ4n) is 2.02. The van der Waals surface area contributed by atoms with Gasteiger partial charge in [-0.2, -0.15) is 0 Å². The summed E-state index contributed by atoms with van der Waals surface area (Å²) < 4.78 is 1.88. The van der Waals surface area contributed by atoms with Crippen LogP contribution in [0, 0.1) is 0 Å². The standard InChI is InChI=1S/C15H22N4/c1-4-7-13-8-5-6-9-15(13)19-11-14(17-18-19)10-16-12(2)3/h5-6,8-9,11-12,16H,4,7,10H2,1-3H3. The first kappa shape index (κ1) is 13.7. The van der Waals surface area contributed by atoms with Crippen LogP contribution in [0.4, 0.5) is 0 Å². The van der Waals surface area contributed by atoms with E-state index < -0.39 is 0 Å². The van der Waals surface area contributed by atoms with E-state index in [9.17, 15) is 0 Å². The van der Waals surface area contributed by atoms with Crippen LogP contribution in [0.2, 0.25) is 0 Å². The zero-order chi connectivity index (χ0) is 13.7. The van der Waals surface area contributed by atoms with Gasteiger partial charge in [-0.25, -0.2) is 4.68 Å². The van der Waals surface area contributed by atoms with Crippen molar-refractivity contribution in [1.29, 1.82) is 0 Å². The summed E-state index contributed by atoms with van der Waals surface area (Å²) in [5.74, 6) is 0. The van der Waals surface area contributed by atoms with Gasteiger partial charge in [-0.3, -0.25) is 0 Å². The number of nitrogens with zero attached hydrogens (tertiary/aromatic N) is 3. The van der Waals surface area contributed by atoms with Crippen LogP contribution in [0.1, 0.15) is 38.4 Å². The molecule has 0 unspecified atom stereocenters. The third-order valence-electron chi connectivity index (χ3n) is 2.99. The van der Waals surface area contributed by atoms with Crippen molar-refractivity contribution in [3.63, 3.8) is 0 Å². The smallest absolute Gasteiger partial charge is 0.0969 e. The largest absolute Gasteiger partial charge is 0.309 e. The van der Waals surface area contributed by atoms with E-state index >= 15 is 0 Å². The Labute approximate surface area is 114 Å². The van der Waals surface area contributed by atoms with E-state index in [0.717, 1.165) is 30.8 Å². The molecule has 0 spiro atoms. The Kier molecular flexibility index (Phi) is 4.68. The van der Waals surface area contributed by atoms with Gasteiger partial charge in [0.1, 0.15) is 0 Å². The van der Waals surface area contributed by atoms with Gasteiger partial charge in [0.15, 0.2) is 0 Å². The predicted octanol–water partition coefficient (Wildman–Crippen LogP) is 2.72. The molecule has 0 amide bonds. The van der Waals surface area contributed by atoms with E-state index in [1.165, 1.54) is 5.56 Å². The van der Waals surface area contributed by atoms with E-state index in [2.05, 4.69) is 54.6 Å². The van der Waals surface area contributed by atoms with Crippen LogP contribution in [-0.4, -0.2) is 21.0 Å². The average molecular weight is 258 g/mol. The number of rotatable bonds is 6. The van der Waals surface area contributed by atoms with E-state index in [1.54, 1.807) is 0 Å². The summed E-state index contributed by atoms with van der Waals surface area (Å²) in [4.78, 5) is 0. The van der Waals surface area contributed by atoms with Gasteiger partial charge in [0.05, 0.1) is 17.6 Å². The molecule has 0 fully saturated rings. The molecule has 0 bridgehead atoms. The Bertz CT molecular complexity index is 516. The topological polar surface area (TPSA) is 42.7 Å². The van der Waals surface area contributed by atoms with E-state index in [0.29, 0.717) is 6.04 Å². The third-order valence-corrected chi connectivity index (χ3v) is 2.99. The lowest BCUT2D eigenvalue weighted by atomic mass is 10.1. The van der Waals surface area contributed by atoms with Crippen LogP contribution in [0.25, 0.3) is 5.69 Å². The van der Waals surface area contributed by atoms with Crippen molar-refractivity contribution < 1.29 is 0 Å². The third kappa shape index (κ3) is 3.64. The first-order valence-electron chi connectivity index (χ1n) is 6.93. The highest BCUT2D eigenvalue weighted by Gasteiger charge is 2.07. The molecule has 1 aromatic carbocycles. The molecule has 0 saturated heterocycles. The van der Waals surface area contributed by atoms with Crippen LogP contribution in [0.3, 0.4) is 0 Å². The highest BCUT2D eigenvalue weighted by molar-refractivity contribution is 5.40. The minimum absolute atomic E-state index is 0.456. The number of benzene rings is 1. The Hall–Kier alpha value is -1.68. The zero-order valence-electron chi connectivity index (χ0n) is 11.9. The summed E-state index contributed by atoms with van der Waals surface area (Å²) in [6.45, 7) is 7.20. The molecule has 0 saturated carbocycles. The molecule has 2 rings (SSSR count). The van der Waals surface area contributed by atoms with Crippen LogP contribution < -0.4 is 5.32 Å². The van der Waals surface area contributed by atoms with Crippen molar-refractivity contribution in [3.05, 3.63) is 41.7 Å². The van der Waals surface area contributed by atoms with Gasteiger partial charge in [0, 0.05) is 12.6 Å². The first-order valence-corrected chi connectivity index (χ1v) is 6.93. The Morgan fingerprint density at radius 2 is 2.05 bits per heavy atom. The summed E-state index contributed by atoms with van der Waals surface area (Å²) in [6, 6.07) is 8.83. The van der Waals surface area contributed by atoms with Gasteiger partial charge in [0.2, 0.25) is 0 Å². The molecular formula is C15H22N4. The van der Waals surface area contributed by atoms with Crippen molar-refractivity contribution in [2.45, 2.75) is 46.2 Å². The van der Waals surface area contributed by atoms with Gasteiger partial charge >= 0.3 is 0 Å². The van der Waals surface area contributed by atoms with Crippen molar-refractivity contribution in [2.75, 3.05) is 0 Å². The second kappa shape index (κ2) is 6.48. The molecule has 102 valence electrons. The van der Waals surface area contributed by atoms with Crippen molar-refractivity contribution in [2.24, 2.45) is 0 Å². The number of aryl methyl sites for hydroxylation is 1. The summed E-state index contributed by atoms with van der Waals surface area (Å²) in [6.07, 6.45) is 4.20. The summed E-state index contributed by atoms with van der Waals surface area (Å²) in [5, 5.41) is 11.8. The second-order valence-electron chi connectivity index (χ2n) is 5.07. The molecule has 2 aromatic rings. The molecule has 0 radical (unpaired) electrons. The van der Waals surface area contributed by atoms with Crippen LogP contribution in [0.15, 0.2) is 30.5 Å². The summed E-state index contributed by atoms with van der Waals surface area (Å²) in [7, 11) is 0. The molecule has 1 N–H and O–H groups in total. The summed E-state index contributed by atoms with van der Waals surface area (Å²) >= 11 is 0. The molecule has 1 heterocycles. The van der Waals surface area contributed by atoms with Gasteiger partial charge in [-0.05, 0) is 18.1 Å². The van der Waals surface area contributed by atoms with Crippen LogP contribution >= 0.6 is 0 Å². The maximum Gasteiger partial charge on any atom is 0.0969 e. The van der Waals surface area contributed by atoms with Gasteiger partial charge in [-0.1, -0.05) is 50.6 Å². The lowest BCUT2D eigenvalue weighted by Gasteiger charge is -2.07. The Morgan fingerprint density at radius 1 is 1.26 bits per heavy atom. The Morgan fingerprint density at radius 3 is 2.79 bits per heavy atom. The van der Waals surface area contributed by atoms with Crippen molar-refractivity contribution in [1.82, 2.24) is 20.3 Å². The highest BCUT2D eigenvalue weighted by atomic mass is 15.4. The average Bonchev–Trinajstić information content (AvgIpc) is 2.86. The molecule has 0 atom stereocenters. The fourth-order valence-corrected chi connectivity index (χ4v) is 2.02. The molecule has 0 aliphatic heterocycles. The number of para-hydroxylation sites is 1. The normalized spacial score (nSPS) is 11.2. The van der Waals surface area contributed by atoms with E-state index in [-0.39, 0.29) is 0 Å². The van der Waals surface area contributed by atoms with E-state index in [1.807, 2.05) is 16.9 Å². The first-order chi connectivity index (χ1) is 9.20. The second-order valence-corrected chi connectivity index (χ2v) is 5.07. The lowest BCUT2D eigenvalue weighted by Crippen LogP contribution is -2.21. The number of hydrogen-bond donors (Lipinski definition) is 1. The predicted molar refractivity (Wildman–Crippen MR) is 77.3 cm³/mol. The Balaban J connectivity index is 2.18. The molecule has 19 heavy (non-hydrogen) atoms. The number of aromatic nitrogens is 3. The molecule has 0 aliphatic rings. The molecule has 4 heteroatoms. The zero-order valence-corrected chi connectivity index (χ0v) is 11.9. The van der Waals surface area contributed by atoms with Crippen molar-refractivity contribution >= 4 is 0 Å². The minimum atomic E-state index is 0.456. The number of hydrogen-bond acceptors (Lipinski definition) is 3. The fraction of sp³-hybridized carbons (Fsp3) is 0.467. The monoisotopic (exact) mass is 258 g/mol. The van der Waals surface area contributed by atoms with Gasteiger partial charge in [-0.15, -0.1) is 5.10 Å². The van der Waals surface area contributed by atoms with Crippen LogP contribution in [-0.2, 0) is 13.0 Å². The summed E-state index contributed by atoms with van der Waals surface area (Å²) in [5.41, 5.74) is 3.42. The van der Waals surface area contributed by atoms with Crippen LogP contribution in [0.5, 0.6) is 0 Å². The maximum atomic E-state index is 4.23. The quantitative estimate of drug-likeness (QED) is 0.866. The van der Waals surface area contributed by atoms with E-state index in [4.69, 9.17) is 0 Å². The van der Waals surface area contributed by atoms with Crippen molar-refractivity contribution in [3.8, 4) is 5.69 Å². The van der Waals surface area contributed by atoms with Gasteiger partial charge in [0.25, 0.3) is 0 Å². The molecule has 0 aliphatic carbocycles. The molecule has 4 nitrogen and oxygen atoms in total. The lowest BCUT2D eigenvalue weighted by molar-refractivity contribution is 0.580. The minimum Gasteiger partial charge on any atom is -0.309 e. The molecular weight excluding hydrogens is 236 g/mol. The highest BCUT2D eigenvalue weighted by Crippen LogP contribution is 2.15. The SMILES string of the molecule is CCCc1ccccc1-n1cc(CNC(C)C)nn1. The van der Waals surface area contributed by atoms with Gasteiger partial charge < -0.3 is 5.32 Å². The molecule has 1 aromatic heterocycles. The number of nitrogens with one attached hydrogen (secondary N) is 1.